The predicted octanol–water partition coefficient (Wildman–Crippen LogP) is 3.31. The lowest BCUT2D eigenvalue weighted by Gasteiger charge is -2.18. The summed E-state index contributed by atoms with van der Waals surface area (Å²) in [4.78, 5) is 10.4. The fourth-order valence-corrected chi connectivity index (χ4v) is 1.48. The molecule has 1 rings (SSSR count). The van der Waals surface area contributed by atoms with E-state index in [1.165, 1.54) is 18.2 Å². The van der Waals surface area contributed by atoms with Crippen molar-refractivity contribution in [1.82, 2.24) is 0 Å². The van der Waals surface area contributed by atoms with Gasteiger partial charge < -0.3 is 5.32 Å². The maximum absolute atomic E-state index is 10.9. The zero-order valence-corrected chi connectivity index (χ0v) is 10.9. The van der Waals surface area contributed by atoms with Crippen LogP contribution < -0.4 is 5.32 Å². The summed E-state index contributed by atoms with van der Waals surface area (Å²) in [5.74, 6) is 0. The maximum Gasteiger partial charge on any atom is 0.292 e. The Morgan fingerprint density at radius 1 is 1.44 bits per heavy atom. The highest BCUT2D eigenvalue weighted by atomic mass is 16.6. The second-order valence-electron chi connectivity index (χ2n) is 5.34. The molecule has 96 valence electrons. The smallest absolute Gasteiger partial charge is 0.292 e. The molecule has 0 amide bonds. The van der Waals surface area contributed by atoms with E-state index >= 15 is 0 Å². The van der Waals surface area contributed by atoms with Crippen LogP contribution in [-0.2, 0) is 0 Å². The predicted molar refractivity (Wildman–Crippen MR) is 70.4 cm³/mol. The first-order valence-electron chi connectivity index (χ1n) is 5.76. The van der Waals surface area contributed by atoms with E-state index in [0.717, 1.165) is 6.42 Å². The summed E-state index contributed by atoms with van der Waals surface area (Å²) in [6.07, 6.45) is 0.890. The topological polar surface area (TPSA) is 79.0 Å². The number of rotatable bonds is 4. The van der Waals surface area contributed by atoms with Crippen molar-refractivity contribution in [2.24, 2.45) is 5.41 Å². The van der Waals surface area contributed by atoms with Crippen LogP contribution in [0.15, 0.2) is 18.2 Å². The van der Waals surface area contributed by atoms with Crippen molar-refractivity contribution in [2.45, 2.75) is 27.2 Å². The highest BCUT2D eigenvalue weighted by molar-refractivity contribution is 5.64. The van der Waals surface area contributed by atoms with Gasteiger partial charge in [0.1, 0.15) is 5.69 Å². The summed E-state index contributed by atoms with van der Waals surface area (Å²) in [5, 5.41) is 22.7. The van der Waals surface area contributed by atoms with Crippen LogP contribution in [0.1, 0.15) is 32.8 Å². The fourth-order valence-electron chi connectivity index (χ4n) is 1.48. The lowest BCUT2D eigenvalue weighted by molar-refractivity contribution is -0.384. The molecule has 0 aliphatic heterocycles. The van der Waals surface area contributed by atoms with Gasteiger partial charge in [-0.15, -0.1) is 0 Å². The largest absolute Gasteiger partial charge is 0.379 e. The van der Waals surface area contributed by atoms with Crippen LogP contribution in [0.3, 0.4) is 0 Å². The van der Waals surface area contributed by atoms with Crippen LogP contribution in [0.2, 0.25) is 0 Å². The molecule has 0 bridgehead atoms. The number of hydrogen-bond acceptors (Lipinski definition) is 4. The molecule has 0 saturated carbocycles. The molecular weight excluding hydrogens is 230 g/mol. The van der Waals surface area contributed by atoms with Crippen molar-refractivity contribution in [2.75, 3.05) is 11.9 Å². The Kier molecular flexibility index (Phi) is 4.27. The summed E-state index contributed by atoms with van der Waals surface area (Å²) in [5.41, 5.74) is 0.985. The van der Waals surface area contributed by atoms with Crippen LogP contribution in [0.5, 0.6) is 0 Å². The normalized spacial score (nSPS) is 10.8. The Hall–Kier alpha value is -2.09. The Labute approximate surface area is 107 Å². The SMILES string of the molecule is CC(C)(C)CCNc1cc(C#N)ccc1[N+](=O)[O-]. The number of nitrogens with one attached hydrogen (secondary N) is 1. The summed E-state index contributed by atoms with van der Waals surface area (Å²) in [6.45, 7) is 6.96. The third-order valence-corrected chi connectivity index (χ3v) is 2.51. The molecule has 0 radical (unpaired) electrons. The minimum absolute atomic E-state index is 0.00269. The van der Waals surface area contributed by atoms with Crippen molar-refractivity contribution >= 4 is 11.4 Å². The number of anilines is 1. The van der Waals surface area contributed by atoms with E-state index in [0.29, 0.717) is 17.8 Å². The average Bonchev–Trinajstić information content (AvgIpc) is 2.26. The lowest BCUT2D eigenvalue weighted by atomic mass is 9.92. The third kappa shape index (κ3) is 4.06. The number of nitro benzene ring substituents is 1. The molecule has 5 heteroatoms. The summed E-state index contributed by atoms with van der Waals surface area (Å²) < 4.78 is 0. The number of nitriles is 1. The zero-order chi connectivity index (χ0) is 13.8. The molecule has 0 spiro atoms. The summed E-state index contributed by atoms with van der Waals surface area (Å²) in [7, 11) is 0. The van der Waals surface area contributed by atoms with E-state index in [-0.39, 0.29) is 11.1 Å². The van der Waals surface area contributed by atoms with Gasteiger partial charge in [0.2, 0.25) is 0 Å². The van der Waals surface area contributed by atoms with Gasteiger partial charge >= 0.3 is 0 Å². The lowest BCUT2D eigenvalue weighted by Crippen LogP contribution is -2.13. The van der Waals surface area contributed by atoms with Crippen LogP contribution >= 0.6 is 0 Å². The van der Waals surface area contributed by atoms with Gasteiger partial charge in [-0.05, 0) is 24.0 Å². The maximum atomic E-state index is 10.9. The molecule has 0 aliphatic rings. The van der Waals surface area contributed by atoms with Gasteiger partial charge in [0.15, 0.2) is 0 Å². The van der Waals surface area contributed by atoms with E-state index in [1.54, 1.807) is 0 Å². The Morgan fingerprint density at radius 3 is 2.61 bits per heavy atom. The monoisotopic (exact) mass is 247 g/mol. The van der Waals surface area contributed by atoms with Gasteiger partial charge in [-0.25, -0.2) is 0 Å². The van der Waals surface area contributed by atoms with E-state index in [1.807, 2.05) is 6.07 Å². The highest BCUT2D eigenvalue weighted by Crippen LogP contribution is 2.26. The van der Waals surface area contributed by atoms with E-state index in [9.17, 15) is 10.1 Å². The Balaban J connectivity index is 2.85. The minimum atomic E-state index is -0.444. The van der Waals surface area contributed by atoms with Gasteiger partial charge in [0.05, 0.1) is 16.6 Å². The van der Waals surface area contributed by atoms with E-state index in [4.69, 9.17) is 5.26 Å². The van der Waals surface area contributed by atoms with Crippen molar-refractivity contribution in [1.29, 1.82) is 5.26 Å². The van der Waals surface area contributed by atoms with Gasteiger partial charge in [-0.1, -0.05) is 20.8 Å². The first-order valence-corrected chi connectivity index (χ1v) is 5.76. The molecule has 18 heavy (non-hydrogen) atoms. The molecule has 1 aromatic rings. The molecule has 1 N–H and O–H groups in total. The minimum Gasteiger partial charge on any atom is -0.379 e. The number of nitrogens with zero attached hydrogens (tertiary/aromatic N) is 2. The fraction of sp³-hybridized carbons (Fsp3) is 0.462. The number of nitro groups is 1. The number of hydrogen-bond donors (Lipinski definition) is 1. The highest BCUT2D eigenvalue weighted by Gasteiger charge is 2.15. The first-order chi connectivity index (χ1) is 8.33. The first kappa shape index (κ1) is 14.0. The molecule has 0 aromatic heterocycles. The van der Waals surface area contributed by atoms with Gasteiger partial charge in [0, 0.05) is 12.6 Å². The molecule has 1 aromatic carbocycles. The van der Waals surface area contributed by atoms with E-state index < -0.39 is 4.92 Å². The molecule has 5 nitrogen and oxygen atoms in total. The molecular formula is C13H17N3O2. The van der Waals surface area contributed by atoms with Gasteiger partial charge in [-0.3, -0.25) is 10.1 Å². The standard InChI is InChI=1S/C13H17N3O2/c1-13(2,3)6-7-15-11-8-10(9-14)4-5-12(11)16(17)18/h4-5,8,15H,6-7H2,1-3H3. The summed E-state index contributed by atoms with van der Waals surface area (Å²) >= 11 is 0. The molecule has 0 aliphatic carbocycles. The molecule has 0 heterocycles. The van der Waals surface area contributed by atoms with Crippen molar-refractivity contribution in [3.8, 4) is 6.07 Å². The van der Waals surface area contributed by atoms with Gasteiger partial charge in [0.25, 0.3) is 5.69 Å². The van der Waals surface area contributed by atoms with Crippen molar-refractivity contribution in [3.05, 3.63) is 33.9 Å². The molecule has 0 fully saturated rings. The second kappa shape index (κ2) is 5.50. The Morgan fingerprint density at radius 2 is 2.11 bits per heavy atom. The van der Waals surface area contributed by atoms with E-state index in [2.05, 4.69) is 26.1 Å². The average molecular weight is 247 g/mol. The Bertz CT molecular complexity index is 484. The van der Waals surface area contributed by atoms with Crippen LogP contribution in [0.4, 0.5) is 11.4 Å². The molecule has 0 unspecified atom stereocenters. The molecule has 0 atom stereocenters. The van der Waals surface area contributed by atoms with Gasteiger partial charge in [-0.2, -0.15) is 5.26 Å². The molecule has 0 saturated heterocycles. The van der Waals surface area contributed by atoms with Crippen LogP contribution in [0.25, 0.3) is 0 Å². The quantitative estimate of drug-likeness (QED) is 0.653. The van der Waals surface area contributed by atoms with Crippen molar-refractivity contribution in [3.63, 3.8) is 0 Å². The summed E-state index contributed by atoms with van der Waals surface area (Å²) in [6, 6.07) is 6.30. The zero-order valence-electron chi connectivity index (χ0n) is 10.9. The third-order valence-electron chi connectivity index (χ3n) is 2.51. The van der Waals surface area contributed by atoms with Crippen molar-refractivity contribution < 1.29 is 4.92 Å². The number of benzene rings is 1. The van der Waals surface area contributed by atoms with Crippen LogP contribution in [-0.4, -0.2) is 11.5 Å². The van der Waals surface area contributed by atoms with Crippen LogP contribution in [0, 0.1) is 26.9 Å². The second-order valence-corrected chi connectivity index (χ2v) is 5.34.